The summed E-state index contributed by atoms with van der Waals surface area (Å²) in [6.45, 7) is 4.37. The van der Waals surface area contributed by atoms with Crippen LogP contribution in [0.4, 0.5) is 4.39 Å². The van der Waals surface area contributed by atoms with E-state index in [0.717, 1.165) is 10.1 Å². The fourth-order valence-electron chi connectivity index (χ4n) is 1.98. The molecule has 0 aliphatic heterocycles. The molecule has 0 spiro atoms. The van der Waals surface area contributed by atoms with Crippen molar-refractivity contribution in [3.8, 4) is 0 Å². The number of hydrogen-bond donors (Lipinski definition) is 1. The Kier molecular flexibility index (Phi) is 3.26. The summed E-state index contributed by atoms with van der Waals surface area (Å²) in [7, 11) is 1.97. The van der Waals surface area contributed by atoms with Gasteiger partial charge in [0.1, 0.15) is 5.82 Å². The van der Waals surface area contributed by atoms with Crippen LogP contribution in [-0.2, 0) is 0 Å². The summed E-state index contributed by atoms with van der Waals surface area (Å²) in [6.07, 6.45) is 0. The van der Waals surface area contributed by atoms with Crippen molar-refractivity contribution < 1.29 is 4.39 Å². The van der Waals surface area contributed by atoms with E-state index >= 15 is 0 Å². The Labute approximate surface area is 99.3 Å². The second-order valence-corrected chi connectivity index (χ2v) is 5.46. The van der Waals surface area contributed by atoms with Gasteiger partial charge >= 0.3 is 0 Å². The van der Waals surface area contributed by atoms with Gasteiger partial charge in [0.2, 0.25) is 0 Å². The van der Waals surface area contributed by atoms with E-state index in [4.69, 9.17) is 0 Å². The lowest BCUT2D eigenvalue weighted by Gasteiger charge is -2.18. The van der Waals surface area contributed by atoms with Crippen LogP contribution in [0.2, 0.25) is 0 Å². The molecule has 1 unspecified atom stereocenters. The van der Waals surface area contributed by atoms with Gasteiger partial charge in [0.25, 0.3) is 0 Å². The molecule has 3 heteroatoms. The Hall–Kier alpha value is -0.930. The van der Waals surface area contributed by atoms with Crippen molar-refractivity contribution >= 4 is 21.4 Å². The van der Waals surface area contributed by atoms with E-state index in [9.17, 15) is 4.39 Å². The summed E-state index contributed by atoms with van der Waals surface area (Å²) in [5.74, 6) is 0.370. The zero-order valence-corrected chi connectivity index (χ0v) is 10.6. The Morgan fingerprint density at radius 1 is 1.25 bits per heavy atom. The maximum Gasteiger partial charge on any atom is 0.124 e. The van der Waals surface area contributed by atoms with Crippen molar-refractivity contribution in [2.45, 2.75) is 19.9 Å². The number of benzene rings is 1. The molecule has 0 fully saturated rings. The fourth-order valence-corrected chi connectivity index (χ4v) is 3.36. The highest BCUT2D eigenvalue weighted by molar-refractivity contribution is 7.19. The Bertz CT molecular complexity index is 490. The summed E-state index contributed by atoms with van der Waals surface area (Å²) < 4.78 is 14.1. The molecule has 0 bridgehead atoms. The first-order chi connectivity index (χ1) is 7.61. The highest BCUT2D eigenvalue weighted by Gasteiger charge is 2.16. The standard InChI is InChI=1S/C13H16FNS/c1-8(2)13(15-3)12-6-9-4-5-10(14)7-11(9)16-12/h4-8,13,15H,1-3H3. The monoisotopic (exact) mass is 237 g/mol. The first-order valence-electron chi connectivity index (χ1n) is 5.48. The highest BCUT2D eigenvalue weighted by atomic mass is 32.1. The van der Waals surface area contributed by atoms with Gasteiger partial charge in [0.15, 0.2) is 0 Å². The van der Waals surface area contributed by atoms with Crippen molar-refractivity contribution in [3.63, 3.8) is 0 Å². The molecule has 1 atom stereocenters. The van der Waals surface area contributed by atoms with Gasteiger partial charge in [-0.2, -0.15) is 0 Å². The number of rotatable bonds is 3. The molecule has 1 N–H and O–H groups in total. The normalized spacial score (nSPS) is 13.6. The summed E-state index contributed by atoms with van der Waals surface area (Å²) >= 11 is 1.67. The van der Waals surface area contributed by atoms with Gasteiger partial charge in [-0.1, -0.05) is 19.9 Å². The molecule has 0 radical (unpaired) electrons. The van der Waals surface area contributed by atoms with Crippen LogP contribution in [0.15, 0.2) is 24.3 Å². The third-order valence-electron chi connectivity index (χ3n) is 2.79. The van der Waals surface area contributed by atoms with Gasteiger partial charge in [-0.3, -0.25) is 0 Å². The van der Waals surface area contributed by atoms with E-state index in [2.05, 4.69) is 25.2 Å². The molecule has 0 saturated heterocycles. The van der Waals surface area contributed by atoms with E-state index in [-0.39, 0.29) is 5.82 Å². The Morgan fingerprint density at radius 2 is 2.00 bits per heavy atom. The zero-order valence-electron chi connectivity index (χ0n) is 9.75. The van der Waals surface area contributed by atoms with Crippen LogP contribution in [0.25, 0.3) is 10.1 Å². The van der Waals surface area contributed by atoms with Gasteiger partial charge in [-0.25, -0.2) is 4.39 Å². The Balaban J connectivity index is 2.45. The van der Waals surface area contributed by atoms with Crippen molar-refractivity contribution in [1.82, 2.24) is 5.32 Å². The first-order valence-corrected chi connectivity index (χ1v) is 6.29. The predicted octanol–water partition coefficient (Wildman–Crippen LogP) is 3.96. The van der Waals surface area contributed by atoms with Crippen LogP contribution in [0.3, 0.4) is 0 Å². The topological polar surface area (TPSA) is 12.0 Å². The minimum absolute atomic E-state index is 0.161. The van der Waals surface area contributed by atoms with Crippen LogP contribution in [0.1, 0.15) is 24.8 Å². The molecular formula is C13H16FNS. The van der Waals surface area contributed by atoms with E-state index in [1.165, 1.54) is 10.9 Å². The van der Waals surface area contributed by atoms with Crippen molar-refractivity contribution in [2.24, 2.45) is 5.92 Å². The van der Waals surface area contributed by atoms with Crippen molar-refractivity contribution in [1.29, 1.82) is 0 Å². The lowest BCUT2D eigenvalue weighted by Crippen LogP contribution is -2.20. The fraction of sp³-hybridized carbons (Fsp3) is 0.385. The molecule has 86 valence electrons. The lowest BCUT2D eigenvalue weighted by atomic mass is 10.0. The van der Waals surface area contributed by atoms with Gasteiger partial charge in [-0.05, 0) is 36.6 Å². The molecule has 1 nitrogen and oxygen atoms in total. The quantitative estimate of drug-likeness (QED) is 0.852. The minimum atomic E-state index is -0.161. The smallest absolute Gasteiger partial charge is 0.124 e. The van der Waals surface area contributed by atoms with Gasteiger partial charge < -0.3 is 5.32 Å². The number of thiophene rings is 1. The predicted molar refractivity (Wildman–Crippen MR) is 68.4 cm³/mol. The van der Waals surface area contributed by atoms with Crippen molar-refractivity contribution in [3.05, 3.63) is 35.0 Å². The molecule has 2 rings (SSSR count). The molecule has 0 aliphatic rings. The van der Waals surface area contributed by atoms with E-state index in [0.29, 0.717) is 12.0 Å². The average molecular weight is 237 g/mol. The zero-order chi connectivity index (χ0) is 11.7. The SMILES string of the molecule is CNC(c1cc2ccc(F)cc2s1)C(C)C. The molecule has 0 aliphatic carbocycles. The largest absolute Gasteiger partial charge is 0.312 e. The highest BCUT2D eigenvalue weighted by Crippen LogP contribution is 2.33. The molecule has 0 amide bonds. The third-order valence-corrected chi connectivity index (χ3v) is 3.97. The number of nitrogens with one attached hydrogen (secondary N) is 1. The summed E-state index contributed by atoms with van der Waals surface area (Å²) in [5, 5.41) is 4.44. The van der Waals surface area contributed by atoms with Crippen LogP contribution in [0.5, 0.6) is 0 Å². The second kappa shape index (κ2) is 4.52. The lowest BCUT2D eigenvalue weighted by molar-refractivity contribution is 0.450. The molecule has 1 aromatic carbocycles. The first kappa shape index (κ1) is 11.6. The average Bonchev–Trinajstić information content (AvgIpc) is 2.60. The second-order valence-electron chi connectivity index (χ2n) is 4.34. The molecule has 16 heavy (non-hydrogen) atoms. The number of fused-ring (bicyclic) bond motifs is 1. The maximum absolute atomic E-state index is 13.1. The third kappa shape index (κ3) is 2.11. The number of hydrogen-bond acceptors (Lipinski definition) is 2. The van der Waals surface area contributed by atoms with Crippen molar-refractivity contribution in [2.75, 3.05) is 7.05 Å². The van der Waals surface area contributed by atoms with Gasteiger partial charge in [0.05, 0.1) is 0 Å². The Morgan fingerprint density at radius 3 is 2.62 bits per heavy atom. The van der Waals surface area contributed by atoms with Gasteiger partial charge in [-0.15, -0.1) is 11.3 Å². The minimum Gasteiger partial charge on any atom is -0.312 e. The molecule has 1 aromatic heterocycles. The summed E-state index contributed by atoms with van der Waals surface area (Å²) in [5.41, 5.74) is 0. The van der Waals surface area contributed by atoms with Crippen LogP contribution >= 0.6 is 11.3 Å². The summed E-state index contributed by atoms with van der Waals surface area (Å²) in [4.78, 5) is 1.28. The van der Waals surface area contributed by atoms with E-state index < -0.39 is 0 Å². The van der Waals surface area contributed by atoms with Crippen LogP contribution in [0, 0.1) is 11.7 Å². The van der Waals surface area contributed by atoms with Crippen LogP contribution < -0.4 is 5.32 Å². The molecular weight excluding hydrogens is 221 g/mol. The molecule has 2 aromatic rings. The molecule has 1 heterocycles. The van der Waals surface area contributed by atoms with Gasteiger partial charge in [0, 0.05) is 15.6 Å². The number of halogens is 1. The van der Waals surface area contributed by atoms with E-state index in [1.807, 2.05) is 13.1 Å². The summed E-state index contributed by atoms with van der Waals surface area (Å²) in [6, 6.07) is 7.47. The maximum atomic E-state index is 13.1. The molecule has 0 saturated carbocycles. The van der Waals surface area contributed by atoms with Crippen LogP contribution in [-0.4, -0.2) is 7.05 Å². The van der Waals surface area contributed by atoms with E-state index in [1.54, 1.807) is 17.4 Å².